The molecule has 0 atom stereocenters. The standard InChI is InChI=1S/C12H13N5O2/c1-2-19-10-5-3-9(4-6-10)7-13-16-11-8-14-17-12(18)15-11/h3-8H,2H2,1H3,(H2,15,16,17,18)/b13-7+. The molecule has 1 aromatic heterocycles. The van der Waals surface area contributed by atoms with E-state index in [1.165, 1.54) is 6.20 Å². The number of aromatic amines is 1. The molecule has 7 heteroatoms. The summed E-state index contributed by atoms with van der Waals surface area (Å²) in [6.07, 6.45) is 2.98. The van der Waals surface area contributed by atoms with E-state index in [4.69, 9.17) is 4.74 Å². The summed E-state index contributed by atoms with van der Waals surface area (Å²) in [6, 6.07) is 7.47. The highest BCUT2D eigenvalue weighted by molar-refractivity contribution is 5.80. The zero-order chi connectivity index (χ0) is 13.5. The summed E-state index contributed by atoms with van der Waals surface area (Å²) in [7, 11) is 0. The van der Waals surface area contributed by atoms with E-state index in [1.54, 1.807) is 6.21 Å². The van der Waals surface area contributed by atoms with Gasteiger partial charge < -0.3 is 4.74 Å². The van der Waals surface area contributed by atoms with Gasteiger partial charge in [-0.1, -0.05) is 0 Å². The number of ether oxygens (including phenoxy) is 1. The molecule has 0 aliphatic rings. The molecule has 0 aliphatic carbocycles. The van der Waals surface area contributed by atoms with Crippen LogP contribution in [0, 0.1) is 0 Å². The lowest BCUT2D eigenvalue weighted by Gasteiger charge is -2.02. The number of benzene rings is 1. The molecular formula is C12H13N5O2. The molecule has 0 fully saturated rings. The van der Waals surface area contributed by atoms with Crippen molar-refractivity contribution in [3.8, 4) is 5.75 Å². The molecule has 0 bridgehead atoms. The maximum Gasteiger partial charge on any atom is 0.363 e. The highest BCUT2D eigenvalue weighted by Gasteiger charge is 1.93. The highest BCUT2D eigenvalue weighted by Crippen LogP contribution is 2.10. The van der Waals surface area contributed by atoms with Crippen LogP contribution in [0.4, 0.5) is 5.82 Å². The van der Waals surface area contributed by atoms with Crippen molar-refractivity contribution in [1.82, 2.24) is 15.2 Å². The number of rotatable bonds is 5. The van der Waals surface area contributed by atoms with Crippen LogP contribution in [-0.2, 0) is 0 Å². The molecular weight excluding hydrogens is 246 g/mol. The number of H-pyrrole nitrogens is 1. The molecule has 0 spiro atoms. The monoisotopic (exact) mass is 259 g/mol. The van der Waals surface area contributed by atoms with Crippen molar-refractivity contribution >= 4 is 12.0 Å². The van der Waals surface area contributed by atoms with Crippen LogP contribution < -0.4 is 15.9 Å². The van der Waals surface area contributed by atoms with Gasteiger partial charge in [0.2, 0.25) is 0 Å². The maximum atomic E-state index is 10.9. The van der Waals surface area contributed by atoms with Crippen molar-refractivity contribution in [2.75, 3.05) is 12.0 Å². The third-order valence-corrected chi connectivity index (χ3v) is 2.15. The normalized spacial score (nSPS) is 10.6. The topological polar surface area (TPSA) is 92.3 Å². The lowest BCUT2D eigenvalue weighted by Crippen LogP contribution is -2.13. The van der Waals surface area contributed by atoms with E-state index < -0.39 is 5.69 Å². The van der Waals surface area contributed by atoms with Crippen molar-refractivity contribution in [2.24, 2.45) is 5.10 Å². The molecule has 0 saturated carbocycles. The van der Waals surface area contributed by atoms with Crippen LogP contribution in [0.3, 0.4) is 0 Å². The molecule has 1 aromatic carbocycles. The Morgan fingerprint density at radius 1 is 1.42 bits per heavy atom. The lowest BCUT2D eigenvalue weighted by molar-refractivity contribution is 0.340. The molecule has 0 radical (unpaired) electrons. The first-order valence-electron chi connectivity index (χ1n) is 5.71. The van der Waals surface area contributed by atoms with E-state index in [1.807, 2.05) is 31.2 Å². The summed E-state index contributed by atoms with van der Waals surface area (Å²) >= 11 is 0. The molecule has 0 unspecified atom stereocenters. The minimum Gasteiger partial charge on any atom is -0.494 e. The van der Waals surface area contributed by atoms with Crippen LogP contribution in [-0.4, -0.2) is 28.0 Å². The van der Waals surface area contributed by atoms with E-state index in [-0.39, 0.29) is 5.82 Å². The zero-order valence-electron chi connectivity index (χ0n) is 10.3. The number of hydrazone groups is 1. The van der Waals surface area contributed by atoms with Gasteiger partial charge in [-0.05, 0) is 36.8 Å². The molecule has 0 aliphatic heterocycles. The molecule has 2 rings (SSSR count). The zero-order valence-corrected chi connectivity index (χ0v) is 10.3. The fraction of sp³-hybridized carbons (Fsp3) is 0.167. The number of anilines is 1. The average molecular weight is 259 g/mol. The minimum absolute atomic E-state index is 0.283. The van der Waals surface area contributed by atoms with Crippen LogP contribution in [0.2, 0.25) is 0 Å². The SMILES string of the molecule is CCOc1ccc(/C=N/Nc2cn[nH]c(=O)n2)cc1. The first-order chi connectivity index (χ1) is 9.28. The van der Waals surface area contributed by atoms with Crippen LogP contribution >= 0.6 is 0 Å². The van der Waals surface area contributed by atoms with Gasteiger partial charge in [-0.3, -0.25) is 5.43 Å². The third-order valence-electron chi connectivity index (χ3n) is 2.15. The Kier molecular flexibility index (Phi) is 4.22. The predicted octanol–water partition coefficient (Wildman–Crippen LogP) is 1.01. The summed E-state index contributed by atoms with van der Waals surface area (Å²) < 4.78 is 5.33. The van der Waals surface area contributed by atoms with Crippen molar-refractivity contribution < 1.29 is 4.74 Å². The Bertz CT molecular complexity index is 606. The van der Waals surface area contributed by atoms with E-state index in [0.29, 0.717) is 6.61 Å². The number of aromatic nitrogens is 3. The van der Waals surface area contributed by atoms with Gasteiger partial charge in [0.15, 0.2) is 5.82 Å². The Morgan fingerprint density at radius 2 is 2.21 bits per heavy atom. The van der Waals surface area contributed by atoms with Gasteiger partial charge in [-0.2, -0.15) is 15.2 Å². The van der Waals surface area contributed by atoms with E-state index in [0.717, 1.165) is 11.3 Å². The fourth-order valence-corrected chi connectivity index (χ4v) is 1.36. The molecule has 19 heavy (non-hydrogen) atoms. The largest absolute Gasteiger partial charge is 0.494 e. The van der Waals surface area contributed by atoms with Crippen molar-refractivity contribution in [3.05, 3.63) is 46.5 Å². The first-order valence-corrected chi connectivity index (χ1v) is 5.71. The second-order valence-corrected chi connectivity index (χ2v) is 3.54. The van der Waals surface area contributed by atoms with Crippen LogP contribution in [0.1, 0.15) is 12.5 Å². The Balaban J connectivity index is 1.97. The minimum atomic E-state index is -0.527. The number of hydrogen-bond donors (Lipinski definition) is 2. The molecule has 2 aromatic rings. The molecule has 98 valence electrons. The van der Waals surface area contributed by atoms with Crippen LogP contribution in [0.25, 0.3) is 0 Å². The van der Waals surface area contributed by atoms with Gasteiger partial charge >= 0.3 is 5.69 Å². The van der Waals surface area contributed by atoms with E-state index in [2.05, 4.69) is 25.7 Å². The quantitative estimate of drug-likeness (QED) is 0.617. The molecule has 0 amide bonds. The Hall–Kier alpha value is -2.70. The smallest absolute Gasteiger partial charge is 0.363 e. The van der Waals surface area contributed by atoms with E-state index >= 15 is 0 Å². The maximum absolute atomic E-state index is 10.9. The number of hydrogen-bond acceptors (Lipinski definition) is 6. The average Bonchev–Trinajstić information content (AvgIpc) is 2.41. The third kappa shape index (κ3) is 3.91. The second kappa shape index (κ2) is 6.29. The van der Waals surface area contributed by atoms with Crippen molar-refractivity contribution in [1.29, 1.82) is 0 Å². The Morgan fingerprint density at radius 3 is 2.89 bits per heavy atom. The van der Waals surface area contributed by atoms with Crippen LogP contribution in [0.15, 0.2) is 40.4 Å². The van der Waals surface area contributed by atoms with Crippen LogP contribution in [0.5, 0.6) is 5.75 Å². The van der Waals surface area contributed by atoms with E-state index in [9.17, 15) is 4.79 Å². The number of nitrogens with zero attached hydrogens (tertiary/aromatic N) is 3. The summed E-state index contributed by atoms with van der Waals surface area (Å²) in [5.41, 5.74) is 2.99. The molecule has 1 heterocycles. The highest BCUT2D eigenvalue weighted by atomic mass is 16.5. The lowest BCUT2D eigenvalue weighted by atomic mass is 10.2. The summed E-state index contributed by atoms with van der Waals surface area (Å²) in [5.74, 6) is 1.10. The van der Waals surface area contributed by atoms with Crippen molar-refractivity contribution in [2.45, 2.75) is 6.92 Å². The van der Waals surface area contributed by atoms with Gasteiger partial charge in [-0.25, -0.2) is 9.89 Å². The summed E-state index contributed by atoms with van der Waals surface area (Å²) in [4.78, 5) is 14.5. The fourth-order valence-electron chi connectivity index (χ4n) is 1.36. The van der Waals surface area contributed by atoms with Gasteiger partial charge in [0.05, 0.1) is 19.0 Å². The predicted molar refractivity (Wildman–Crippen MR) is 71.5 cm³/mol. The first kappa shape index (κ1) is 12.7. The second-order valence-electron chi connectivity index (χ2n) is 3.54. The van der Waals surface area contributed by atoms with Crippen molar-refractivity contribution in [3.63, 3.8) is 0 Å². The number of nitrogens with one attached hydrogen (secondary N) is 2. The van der Waals surface area contributed by atoms with Gasteiger partial charge in [0.25, 0.3) is 0 Å². The summed E-state index contributed by atoms with van der Waals surface area (Å²) in [6.45, 7) is 2.57. The van der Waals surface area contributed by atoms with Gasteiger partial charge in [0, 0.05) is 0 Å². The van der Waals surface area contributed by atoms with Gasteiger partial charge in [-0.15, -0.1) is 0 Å². The molecule has 7 nitrogen and oxygen atoms in total. The molecule has 2 N–H and O–H groups in total. The van der Waals surface area contributed by atoms with Gasteiger partial charge in [0.1, 0.15) is 5.75 Å². The Labute approximate surface area is 109 Å². The molecule has 0 saturated heterocycles. The summed E-state index contributed by atoms with van der Waals surface area (Å²) in [5, 5.41) is 9.72.